The molecule has 2 heterocycles. The average molecular weight is 228 g/mol. The molecule has 4 nitrogen and oxygen atoms in total. The zero-order valence-corrected chi connectivity index (χ0v) is 9.93. The van der Waals surface area contributed by atoms with E-state index in [0.29, 0.717) is 6.04 Å². The van der Waals surface area contributed by atoms with Crippen molar-refractivity contribution in [1.29, 1.82) is 0 Å². The predicted molar refractivity (Wildman–Crippen MR) is 67.4 cm³/mol. The molecule has 0 saturated heterocycles. The molecule has 0 unspecified atom stereocenters. The maximum absolute atomic E-state index is 4.45. The van der Waals surface area contributed by atoms with Crippen LogP contribution in [-0.2, 0) is 0 Å². The van der Waals surface area contributed by atoms with Crippen molar-refractivity contribution in [3.05, 3.63) is 36.5 Å². The number of pyridine rings is 1. The van der Waals surface area contributed by atoms with E-state index in [2.05, 4.69) is 21.4 Å². The fourth-order valence-corrected chi connectivity index (χ4v) is 2.02. The number of nitrogens with one attached hydrogen (secondary N) is 1. The van der Waals surface area contributed by atoms with Gasteiger partial charge in [-0.1, -0.05) is 0 Å². The van der Waals surface area contributed by atoms with E-state index in [-0.39, 0.29) is 0 Å². The Balaban J connectivity index is 1.77. The van der Waals surface area contributed by atoms with Gasteiger partial charge in [0, 0.05) is 18.4 Å². The summed E-state index contributed by atoms with van der Waals surface area (Å²) in [5, 5.41) is 3.48. The standard InChI is InChI=1S/C13H16N4/c1-10-14-7-8-17(10)13-6-5-12(9-15-13)16-11-3-2-4-11/h5-9,11,16H,2-4H2,1H3. The van der Waals surface area contributed by atoms with Crippen molar-refractivity contribution in [3.8, 4) is 5.82 Å². The predicted octanol–water partition coefficient (Wildman–Crippen LogP) is 2.54. The number of hydrogen-bond acceptors (Lipinski definition) is 3. The van der Waals surface area contributed by atoms with Gasteiger partial charge in [0.1, 0.15) is 11.6 Å². The number of imidazole rings is 1. The van der Waals surface area contributed by atoms with Crippen molar-refractivity contribution in [2.24, 2.45) is 0 Å². The van der Waals surface area contributed by atoms with Crippen LogP contribution in [0.2, 0.25) is 0 Å². The normalized spacial score (nSPS) is 15.6. The van der Waals surface area contributed by atoms with Crippen LogP contribution in [0.3, 0.4) is 0 Å². The molecule has 1 N–H and O–H groups in total. The van der Waals surface area contributed by atoms with E-state index >= 15 is 0 Å². The van der Waals surface area contributed by atoms with Gasteiger partial charge in [-0.25, -0.2) is 9.97 Å². The molecule has 0 aliphatic heterocycles. The number of nitrogens with zero attached hydrogens (tertiary/aromatic N) is 3. The average Bonchev–Trinajstić information content (AvgIpc) is 2.71. The van der Waals surface area contributed by atoms with Gasteiger partial charge >= 0.3 is 0 Å². The van der Waals surface area contributed by atoms with Gasteiger partial charge in [0.15, 0.2) is 0 Å². The molecule has 1 aliphatic rings. The molecule has 2 aromatic heterocycles. The van der Waals surface area contributed by atoms with Crippen LogP contribution in [0.25, 0.3) is 5.82 Å². The second-order valence-corrected chi connectivity index (χ2v) is 4.52. The van der Waals surface area contributed by atoms with Crippen molar-refractivity contribution >= 4 is 5.69 Å². The van der Waals surface area contributed by atoms with Crippen LogP contribution in [0.5, 0.6) is 0 Å². The number of aryl methyl sites for hydroxylation is 1. The molecule has 0 amide bonds. The van der Waals surface area contributed by atoms with E-state index in [1.165, 1.54) is 19.3 Å². The van der Waals surface area contributed by atoms with Crippen LogP contribution in [-0.4, -0.2) is 20.6 Å². The van der Waals surface area contributed by atoms with E-state index in [1.54, 1.807) is 6.20 Å². The Morgan fingerprint density at radius 1 is 1.29 bits per heavy atom. The summed E-state index contributed by atoms with van der Waals surface area (Å²) in [7, 11) is 0. The second kappa shape index (κ2) is 4.20. The van der Waals surface area contributed by atoms with Gasteiger partial charge in [0.25, 0.3) is 0 Å². The SMILES string of the molecule is Cc1nccn1-c1ccc(NC2CCC2)cn1. The molecule has 17 heavy (non-hydrogen) atoms. The monoisotopic (exact) mass is 228 g/mol. The summed E-state index contributed by atoms with van der Waals surface area (Å²) in [4.78, 5) is 8.65. The van der Waals surface area contributed by atoms with E-state index in [4.69, 9.17) is 0 Å². The summed E-state index contributed by atoms with van der Waals surface area (Å²) in [6.45, 7) is 1.97. The Labute approximate surface area is 101 Å². The number of aromatic nitrogens is 3. The molecule has 4 heteroatoms. The van der Waals surface area contributed by atoms with Gasteiger partial charge in [-0.2, -0.15) is 0 Å². The summed E-state index contributed by atoms with van der Waals surface area (Å²) in [6, 6.07) is 4.76. The lowest BCUT2D eigenvalue weighted by Crippen LogP contribution is -2.26. The molecule has 0 aromatic carbocycles. The fourth-order valence-electron chi connectivity index (χ4n) is 2.02. The van der Waals surface area contributed by atoms with Crippen LogP contribution < -0.4 is 5.32 Å². The number of rotatable bonds is 3. The highest BCUT2D eigenvalue weighted by Gasteiger charge is 2.16. The summed E-state index contributed by atoms with van der Waals surface area (Å²) >= 11 is 0. The zero-order chi connectivity index (χ0) is 11.7. The van der Waals surface area contributed by atoms with Crippen LogP contribution in [0.4, 0.5) is 5.69 Å². The Morgan fingerprint density at radius 3 is 2.71 bits per heavy atom. The second-order valence-electron chi connectivity index (χ2n) is 4.52. The Kier molecular flexibility index (Phi) is 2.55. The van der Waals surface area contributed by atoms with Crippen LogP contribution in [0.15, 0.2) is 30.7 Å². The van der Waals surface area contributed by atoms with Crippen molar-refractivity contribution in [3.63, 3.8) is 0 Å². The van der Waals surface area contributed by atoms with Gasteiger partial charge < -0.3 is 5.32 Å². The summed E-state index contributed by atoms with van der Waals surface area (Å²) < 4.78 is 1.98. The third-order valence-electron chi connectivity index (χ3n) is 3.30. The van der Waals surface area contributed by atoms with Crippen molar-refractivity contribution in [1.82, 2.24) is 14.5 Å². The molecule has 88 valence electrons. The van der Waals surface area contributed by atoms with Crippen molar-refractivity contribution in [2.75, 3.05) is 5.32 Å². The van der Waals surface area contributed by atoms with Gasteiger partial charge in [-0.15, -0.1) is 0 Å². The van der Waals surface area contributed by atoms with Gasteiger partial charge in [-0.05, 0) is 38.3 Å². The highest BCUT2D eigenvalue weighted by molar-refractivity contribution is 5.45. The van der Waals surface area contributed by atoms with Gasteiger partial charge in [0.2, 0.25) is 0 Å². The van der Waals surface area contributed by atoms with Gasteiger partial charge in [-0.3, -0.25) is 4.57 Å². The first-order valence-corrected chi connectivity index (χ1v) is 6.06. The molecule has 1 fully saturated rings. The highest BCUT2D eigenvalue weighted by atomic mass is 15.1. The Morgan fingerprint density at radius 2 is 2.18 bits per heavy atom. The summed E-state index contributed by atoms with van der Waals surface area (Å²) in [5.74, 6) is 1.87. The smallest absolute Gasteiger partial charge is 0.138 e. The van der Waals surface area contributed by atoms with Crippen LogP contribution >= 0.6 is 0 Å². The third-order valence-corrected chi connectivity index (χ3v) is 3.30. The molecule has 3 rings (SSSR count). The summed E-state index contributed by atoms with van der Waals surface area (Å²) in [6.07, 6.45) is 9.52. The minimum absolute atomic E-state index is 0.651. The molecular weight excluding hydrogens is 212 g/mol. The molecule has 2 aromatic rings. The lowest BCUT2D eigenvalue weighted by Gasteiger charge is -2.27. The first-order valence-electron chi connectivity index (χ1n) is 6.06. The quantitative estimate of drug-likeness (QED) is 0.877. The lowest BCUT2D eigenvalue weighted by molar-refractivity contribution is 0.445. The molecular formula is C13H16N4. The summed E-state index contributed by atoms with van der Waals surface area (Å²) in [5.41, 5.74) is 1.11. The lowest BCUT2D eigenvalue weighted by atomic mass is 9.93. The zero-order valence-electron chi connectivity index (χ0n) is 9.93. The molecule has 0 spiro atoms. The number of hydrogen-bond donors (Lipinski definition) is 1. The third kappa shape index (κ3) is 2.02. The minimum atomic E-state index is 0.651. The Hall–Kier alpha value is -1.84. The highest BCUT2D eigenvalue weighted by Crippen LogP contribution is 2.23. The first kappa shape index (κ1) is 10.3. The van der Waals surface area contributed by atoms with Crippen molar-refractivity contribution in [2.45, 2.75) is 32.2 Å². The largest absolute Gasteiger partial charge is 0.381 e. The maximum Gasteiger partial charge on any atom is 0.138 e. The molecule has 0 bridgehead atoms. The first-order chi connectivity index (χ1) is 8.33. The van der Waals surface area contributed by atoms with Crippen LogP contribution in [0.1, 0.15) is 25.1 Å². The maximum atomic E-state index is 4.45. The molecule has 1 aliphatic carbocycles. The molecule has 0 atom stereocenters. The Bertz CT molecular complexity index is 496. The van der Waals surface area contributed by atoms with E-state index in [9.17, 15) is 0 Å². The fraction of sp³-hybridized carbons (Fsp3) is 0.385. The van der Waals surface area contributed by atoms with Gasteiger partial charge in [0.05, 0.1) is 11.9 Å². The number of anilines is 1. The topological polar surface area (TPSA) is 42.7 Å². The molecule has 0 radical (unpaired) electrons. The minimum Gasteiger partial charge on any atom is -0.381 e. The van der Waals surface area contributed by atoms with Crippen molar-refractivity contribution < 1.29 is 0 Å². The molecule has 1 saturated carbocycles. The van der Waals surface area contributed by atoms with E-state index < -0.39 is 0 Å². The van der Waals surface area contributed by atoms with Crippen LogP contribution in [0, 0.1) is 6.92 Å². The van der Waals surface area contributed by atoms with E-state index in [1.807, 2.05) is 30.0 Å². The van der Waals surface area contributed by atoms with E-state index in [0.717, 1.165) is 17.3 Å².